The minimum absolute atomic E-state index is 0.563. The van der Waals surface area contributed by atoms with E-state index in [0.717, 1.165) is 37.8 Å². The van der Waals surface area contributed by atoms with Gasteiger partial charge in [-0.1, -0.05) is 0 Å². The molecule has 1 unspecified atom stereocenters. The Hall–Kier alpha value is -1.56. The Balaban J connectivity index is 2.18. The van der Waals surface area contributed by atoms with E-state index in [2.05, 4.69) is 20.2 Å². The quantitative estimate of drug-likeness (QED) is 0.843. The average Bonchev–Trinajstić information content (AvgIpc) is 2.86. The maximum Gasteiger partial charge on any atom is 0.204 e. The molecule has 6 nitrogen and oxygen atoms in total. The summed E-state index contributed by atoms with van der Waals surface area (Å²) in [5, 5.41) is 3.02. The first-order valence-corrected chi connectivity index (χ1v) is 6.10. The van der Waals surface area contributed by atoms with Crippen LogP contribution in [0.15, 0.2) is 6.33 Å². The largest absolute Gasteiger partial charge is 0.490 e. The van der Waals surface area contributed by atoms with Crippen LogP contribution in [-0.4, -0.2) is 50.9 Å². The third-order valence-corrected chi connectivity index (χ3v) is 3.21. The van der Waals surface area contributed by atoms with Gasteiger partial charge in [-0.3, -0.25) is 0 Å². The van der Waals surface area contributed by atoms with E-state index in [-0.39, 0.29) is 0 Å². The lowest BCUT2D eigenvalue weighted by Gasteiger charge is -2.20. The third-order valence-electron chi connectivity index (χ3n) is 3.21. The van der Waals surface area contributed by atoms with Crippen LogP contribution in [0.4, 0.5) is 11.6 Å². The van der Waals surface area contributed by atoms with Crippen LogP contribution in [0.2, 0.25) is 0 Å². The Morgan fingerprint density at radius 3 is 2.94 bits per heavy atom. The molecule has 6 heteroatoms. The van der Waals surface area contributed by atoms with Gasteiger partial charge >= 0.3 is 0 Å². The molecule has 1 fully saturated rings. The number of nitrogens with one attached hydrogen (secondary N) is 1. The molecule has 1 N–H and O–H groups in total. The van der Waals surface area contributed by atoms with E-state index in [1.807, 2.05) is 7.05 Å². The summed E-state index contributed by atoms with van der Waals surface area (Å²) in [7, 11) is 5.21. The van der Waals surface area contributed by atoms with Crippen LogP contribution < -0.4 is 15.0 Å². The van der Waals surface area contributed by atoms with Crippen molar-refractivity contribution >= 4 is 11.6 Å². The first kappa shape index (κ1) is 12.9. The second-order valence-corrected chi connectivity index (χ2v) is 4.39. The number of ether oxygens (including phenoxy) is 2. The average molecular weight is 252 g/mol. The number of aromatic nitrogens is 2. The van der Waals surface area contributed by atoms with Crippen LogP contribution >= 0.6 is 0 Å². The van der Waals surface area contributed by atoms with Gasteiger partial charge in [-0.15, -0.1) is 0 Å². The second-order valence-electron chi connectivity index (χ2n) is 4.39. The number of hydrogen-bond acceptors (Lipinski definition) is 6. The summed E-state index contributed by atoms with van der Waals surface area (Å²) in [6.07, 6.45) is 2.68. The van der Waals surface area contributed by atoms with Gasteiger partial charge < -0.3 is 19.7 Å². The highest BCUT2D eigenvalue weighted by Crippen LogP contribution is 2.34. The van der Waals surface area contributed by atoms with Gasteiger partial charge in [0.15, 0.2) is 11.6 Å². The van der Waals surface area contributed by atoms with Gasteiger partial charge in [0.2, 0.25) is 5.75 Å². The van der Waals surface area contributed by atoms with E-state index in [4.69, 9.17) is 9.47 Å². The summed E-state index contributed by atoms with van der Waals surface area (Å²) in [6.45, 7) is 2.72. The van der Waals surface area contributed by atoms with Crippen LogP contribution in [0.1, 0.15) is 6.42 Å². The number of anilines is 2. The zero-order valence-corrected chi connectivity index (χ0v) is 11.1. The van der Waals surface area contributed by atoms with E-state index >= 15 is 0 Å². The van der Waals surface area contributed by atoms with Crippen LogP contribution in [0.3, 0.4) is 0 Å². The van der Waals surface area contributed by atoms with Crippen molar-refractivity contribution in [3.05, 3.63) is 6.33 Å². The van der Waals surface area contributed by atoms with Crippen LogP contribution in [0.5, 0.6) is 5.75 Å². The lowest BCUT2D eigenvalue weighted by Crippen LogP contribution is -2.23. The van der Waals surface area contributed by atoms with Crippen LogP contribution in [0.25, 0.3) is 0 Å². The van der Waals surface area contributed by atoms with Crippen molar-refractivity contribution in [3.8, 4) is 5.75 Å². The molecule has 0 bridgehead atoms. The Morgan fingerprint density at radius 2 is 2.28 bits per heavy atom. The van der Waals surface area contributed by atoms with Crippen molar-refractivity contribution in [2.24, 2.45) is 5.92 Å². The minimum atomic E-state index is 0.563. The topological polar surface area (TPSA) is 59.5 Å². The Bertz CT molecular complexity index is 400. The molecule has 0 aliphatic carbocycles. The highest BCUT2D eigenvalue weighted by molar-refractivity contribution is 5.64. The summed E-state index contributed by atoms with van der Waals surface area (Å²) < 4.78 is 10.6. The van der Waals surface area contributed by atoms with E-state index in [1.165, 1.54) is 0 Å². The van der Waals surface area contributed by atoms with Crippen molar-refractivity contribution in [1.29, 1.82) is 0 Å². The second kappa shape index (κ2) is 5.86. The Kier molecular flexibility index (Phi) is 4.19. The first-order chi connectivity index (χ1) is 8.80. The van der Waals surface area contributed by atoms with Gasteiger partial charge in [0.1, 0.15) is 6.33 Å². The predicted octanol–water partition coefficient (Wildman–Crippen LogP) is 1.000. The van der Waals surface area contributed by atoms with Crippen molar-refractivity contribution in [1.82, 2.24) is 9.97 Å². The summed E-state index contributed by atoms with van der Waals surface area (Å²) in [4.78, 5) is 10.7. The van der Waals surface area contributed by atoms with Crippen molar-refractivity contribution in [3.63, 3.8) is 0 Å². The van der Waals surface area contributed by atoms with Crippen LogP contribution in [-0.2, 0) is 4.74 Å². The normalized spacial score (nSPS) is 19.1. The lowest BCUT2D eigenvalue weighted by atomic mass is 10.1. The number of nitrogens with zero attached hydrogens (tertiary/aromatic N) is 3. The molecule has 1 aliphatic rings. The monoisotopic (exact) mass is 252 g/mol. The fourth-order valence-electron chi connectivity index (χ4n) is 2.35. The molecule has 0 radical (unpaired) electrons. The number of rotatable bonds is 5. The fraction of sp³-hybridized carbons (Fsp3) is 0.667. The maximum atomic E-state index is 5.41. The summed E-state index contributed by atoms with van der Waals surface area (Å²) >= 11 is 0. The molecule has 0 spiro atoms. The summed E-state index contributed by atoms with van der Waals surface area (Å²) in [5.41, 5.74) is 0. The van der Waals surface area contributed by atoms with E-state index in [9.17, 15) is 0 Å². The molecule has 100 valence electrons. The van der Waals surface area contributed by atoms with Gasteiger partial charge in [-0.2, -0.15) is 0 Å². The standard InChI is InChI=1S/C12H20N4O2/c1-13-11-10(18-3)12(15-8-14-11)16-5-4-9(6-16)7-17-2/h8-9H,4-7H2,1-3H3,(H,13,14,15). The molecule has 18 heavy (non-hydrogen) atoms. The Morgan fingerprint density at radius 1 is 1.44 bits per heavy atom. The minimum Gasteiger partial charge on any atom is -0.490 e. The molecule has 1 atom stereocenters. The maximum absolute atomic E-state index is 5.41. The molecular formula is C12H20N4O2. The molecule has 2 heterocycles. The number of hydrogen-bond donors (Lipinski definition) is 1. The zero-order chi connectivity index (χ0) is 13.0. The highest BCUT2D eigenvalue weighted by atomic mass is 16.5. The Labute approximate surface area is 107 Å². The summed E-state index contributed by atoms with van der Waals surface area (Å²) in [5.74, 6) is 2.85. The molecule has 0 saturated carbocycles. The van der Waals surface area contributed by atoms with Gasteiger partial charge in [0, 0.05) is 33.2 Å². The molecule has 2 rings (SSSR count). The lowest BCUT2D eigenvalue weighted by molar-refractivity contribution is 0.161. The molecule has 1 aliphatic heterocycles. The molecule has 1 aromatic rings. The van der Waals surface area contributed by atoms with Crippen molar-refractivity contribution in [2.75, 3.05) is 51.2 Å². The van der Waals surface area contributed by atoms with Crippen LogP contribution in [0, 0.1) is 5.92 Å². The summed E-state index contributed by atoms with van der Waals surface area (Å²) in [6, 6.07) is 0. The SMILES string of the molecule is CNc1ncnc(N2CCC(COC)C2)c1OC. The smallest absolute Gasteiger partial charge is 0.204 e. The van der Waals surface area contributed by atoms with E-state index in [1.54, 1.807) is 20.5 Å². The predicted molar refractivity (Wildman–Crippen MR) is 70.3 cm³/mol. The van der Waals surface area contributed by atoms with Gasteiger partial charge in [0.25, 0.3) is 0 Å². The molecule has 1 aromatic heterocycles. The number of methoxy groups -OCH3 is 2. The molecule has 0 amide bonds. The molecular weight excluding hydrogens is 232 g/mol. The highest BCUT2D eigenvalue weighted by Gasteiger charge is 2.26. The van der Waals surface area contributed by atoms with E-state index < -0.39 is 0 Å². The molecule has 0 aromatic carbocycles. The van der Waals surface area contributed by atoms with Crippen molar-refractivity contribution in [2.45, 2.75) is 6.42 Å². The fourth-order valence-corrected chi connectivity index (χ4v) is 2.35. The van der Waals surface area contributed by atoms with Gasteiger partial charge in [-0.25, -0.2) is 9.97 Å². The molecule has 1 saturated heterocycles. The van der Waals surface area contributed by atoms with Crippen molar-refractivity contribution < 1.29 is 9.47 Å². The van der Waals surface area contributed by atoms with Gasteiger partial charge in [-0.05, 0) is 6.42 Å². The van der Waals surface area contributed by atoms with E-state index in [0.29, 0.717) is 11.7 Å². The van der Waals surface area contributed by atoms with Gasteiger partial charge in [0.05, 0.1) is 13.7 Å². The first-order valence-electron chi connectivity index (χ1n) is 6.10. The third kappa shape index (κ3) is 2.48. The zero-order valence-electron chi connectivity index (χ0n) is 11.1.